The van der Waals surface area contributed by atoms with Crippen LogP contribution in [0.1, 0.15) is 24.2 Å². The van der Waals surface area contributed by atoms with Gasteiger partial charge in [0.2, 0.25) is 0 Å². The second kappa shape index (κ2) is 10.1. The van der Waals surface area contributed by atoms with Gasteiger partial charge < -0.3 is 15.0 Å². The van der Waals surface area contributed by atoms with Crippen LogP contribution >= 0.6 is 0 Å². The van der Waals surface area contributed by atoms with Gasteiger partial charge in [0.25, 0.3) is 15.9 Å². The number of ether oxygens (including phenoxy) is 1. The molecule has 0 atom stereocenters. The van der Waals surface area contributed by atoms with Crippen LogP contribution < -0.4 is 14.8 Å². The molecule has 2 N–H and O–H groups in total. The van der Waals surface area contributed by atoms with Gasteiger partial charge >= 0.3 is 0 Å². The fourth-order valence-electron chi connectivity index (χ4n) is 2.69. The van der Waals surface area contributed by atoms with Gasteiger partial charge in [0, 0.05) is 18.7 Å². The molecule has 7 nitrogen and oxygen atoms in total. The number of anilines is 1. The highest BCUT2D eigenvalue weighted by atomic mass is 32.2. The molecule has 1 amide bonds. The van der Waals surface area contributed by atoms with Crippen LogP contribution in [0.15, 0.2) is 53.4 Å². The van der Waals surface area contributed by atoms with Crippen molar-refractivity contribution in [2.45, 2.75) is 18.7 Å². The molecule has 8 heteroatoms. The molecule has 0 radical (unpaired) electrons. The van der Waals surface area contributed by atoms with E-state index in [1.165, 1.54) is 31.4 Å². The molecule has 0 aliphatic rings. The topological polar surface area (TPSA) is 87.7 Å². The molecule has 0 saturated heterocycles. The number of rotatable bonds is 10. The molecule has 2 rings (SSSR count). The highest BCUT2D eigenvalue weighted by Gasteiger charge is 2.17. The van der Waals surface area contributed by atoms with E-state index < -0.39 is 10.0 Å². The summed E-state index contributed by atoms with van der Waals surface area (Å²) >= 11 is 0. The van der Waals surface area contributed by atoms with Gasteiger partial charge in [0.15, 0.2) is 0 Å². The number of methoxy groups -OCH3 is 1. The summed E-state index contributed by atoms with van der Waals surface area (Å²) < 4.78 is 32.9. The van der Waals surface area contributed by atoms with Crippen molar-refractivity contribution in [2.75, 3.05) is 38.0 Å². The Hall–Kier alpha value is -2.58. The minimum atomic E-state index is -3.79. The molecule has 2 aromatic carbocycles. The molecule has 0 aliphatic heterocycles. The lowest BCUT2D eigenvalue weighted by Crippen LogP contribution is -2.34. The number of nitrogens with zero attached hydrogens (tertiary/aromatic N) is 1. The number of carbonyl (C=O) groups excluding carboxylic acids is 1. The second-order valence-electron chi connectivity index (χ2n) is 6.11. The summed E-state index contributed by atoms with van der Waals surface area (Å²) in [6.07, 6.45) is 0. The molecule has 28 heavy (non-hydrogen) atoms. The Morgan fingerprint density at radius 3 is 2.29 bits per heavy atom. The van der Waals surface area contributed by atoms with Gasteiger partial charge in [-0.1, -0.05) is 26.0 Å². The van der Waals surface area contributed by atoms with Gasteiger partial charge in [0.05, 0.1) is 17.7 Å². The SMILES string of the molecule is CCN(CC)CCNC(=O)c1ccc(S(=O)(=O)Nc2ccccc2OC)cc1. The second-order valence-corrected chi connectivity index (χ2v) is 7.80. The number of hydrogen-bond acceptors (Lipinski definition) is 5. The van der Waals surface area contributed by atoms with Crippen molar-refractivity contribution in [3.63, 3.8) is 0 Å². The van der Waals surface area contributed by atoms with Crippen molar-refractivity contribution >= 4 is 21.6 Å². The molecule has 0 aromatic heterocycles. The van der Waals surface area contributed by atoms with Crippen LogP contribution in [0.2, 0.25) is 0 Å². The van der Waals surface area contributed by atoms with Crippen molar-refractivity contribution in [1.29, 1.82) is 0 Å². The lowest BCUT2D eigenvalue weighted by atomic mass is 10.2. The molecule has 0 fully saturated rings. The van der Waals surface area contributed by atoms with Gasteiger partial charge in [-0.15, -0.1) is 0 Å². The van der Waals surface area contributed by atoms with Crippen LogP contribution in [0, 0.1) is 0 Å². The van der Waals surface area contributed by atoms with Gasteiger partial charge in [-0.2, -0.15) is 0 Å². The van der Waals surface area contributed by atoms with E-state index in [0.29, 0.717) is 23.5 Å². The first-order valence-corrected chi connectivity index (χ1v) is 10.7. The third kappa shape index (κ3) is 5.71. The summed E-state index contributed by atoms with van der Waals surface area (Å²) in [4.78, 5) is 14.5. The standard InChI is InChI=1S/C20H27N3O4S/c1-4-23(5-2)15-14-21-20(24)16-10-12-17(13-11-16)28(25,26)22-18-8-6-7-9-19(18)27-3/h6-13,22H,4-5,14-15H2,1-3H3,(H,21,24). The Morgan fingerprint density at radius 1 is 1.04 bits per heavy atom. The zero-order chi connectivity index (χ0) is 20.6. The fourth-order valence-corrected chi connectivity index (χ4v) is 3.76. The maximum Gasteiger partial charge on any atom is 0.262 e. The molecule has 0 unspecified atom stereocenters. The molecule has 2 aromatic rings. The summed E-state index contributed by atoms with van der Waals surface area (Å²) in [5.41, 5.74) is 0.763. The molecular formula is C20H27N3O4S. The zero-order valence-corrected chi connectivity index (χ0v) is 17.3. The Morgan fingerprint density at radius 2 is 1.68 bits per heavy atom. The maximum atomic E-state index is 12.6. The Kier molecular flexibility index (Phi) is 7.83. The van der Waals surface area contributed by atoms with Crippen molar-refractivity contribution < 1.29 is 17.9 Å². The molecule has 0 saturated carbocycles. The summed E-state index contributed by atoms with van der Waals surface area (Å²) in [7, 11) is -2.32. The predicted octanol–water partition coefficient (Wildman–Crippen LogP) is 2.57. The van der Waals surface area contributed by atoms with E-state index in [0.717, 1.165) is 19.6 Å². The van der Waals surface area contributed by atoms with Crippen molar-refractivity contribution in [3.8, 4) is 5.75 Å². The van der Waals surface area contributed by atoms with Gasteiger partial charge in [-0.05, 0) is 49.5 Å². The molecule has 0 bridgehead atoms. The van der Waals surface area contributed by atoms with Crippen LogP contribution in [0.4, 0.5) is 5.69 Å². The molecule has 0 heterocycles. The largest absolute Gasteiger partial charge is 0.495 e. The number of likely N-dealkylation sites (N-methyl/N-ethyl adjacent to an activating group) is 1. The van der Waals surface area contributed by atoms with Crippen LogP contribution in [0.25, 0.3) is 0 Å². The lowest BCUT2D eigenvalue weighted by Gasteiger charge is -2.18. The highest BCUT2D eigenvalue weighted by molar-refractivity contribution is 7.92. The third-order valence-electron chi connectivity index (χ3n) is 4.39. The summed E-state index contributed by atoms with van der Waals surface area (Å²) in [6, 6.07) is 12.6. The minimum absolute atomic E-state index is 0.0677. The first kappa shape index (κ1) is 21.7. The summed E-state index contributed by atoms with van der Waals surface area (Å²) in [6.45, 7) is 7.31. The first-order valence-electron chi connectivity index (χ1n) is 9.17. The summed E-state index contributed by atoms with van der Waals surface area (Å²) in [5.74, 6) is 0.198. The average molecular weight is 406 g/mol. The first-order chi connectivity index (χ1) is 13.4. The quantitative estimate of drug-likeness (QED) is 0.634. The smallest absolute Gasteiger partial charge is 0.262 e. The molecule has 0 spiro atoms. The van der Waals surface area contributed by atoms with E-state index in [1.807, 2.05) is 0 Å². The highest BCUT2D eigenvalue weighted by Crippen LogP contribution is 2.26. The van der Waals surface area contributed by atoms with Crippen LogP contribution in [-0.2, 0) is 10.0 Å². The summed E-state index contributed by atoms with van der Waals surface area (Å²) in [5, 5.41) is 2.85. The average Bonchev–Trinajstić information content (AvgIpc) is 2.71. The van der Waals surface area contributed by atoms with Crippen molar-refractivity contribution in [1.82, 2.24) is 10.2 Å². The Balaban J connectivity index is 2.03. The normalized spacial score (nSPS) is 11.3. The number of amides is 1. The van der Waals surface area contributed by atoms with Crippen LogP contribution in [0.3, 0.4) is 0 Å². The molecule has 152 valence electrons. The Bertz CT molecular complexity index is 879. The minimum Gasteiger partial charge on any atom is -0.495 e. The van der Waals surface area contributed by atoms with Crippen molar-refractivity contribution in [3.05, 3.63) is 54.1 Å². The molecular weight excluding hydrogens is 378 g/mol. The number of para-hydroxylation sites is 2. The van der Waals surface area contributed by atoms with Gasteiger partial charge in [-0.3, -0.25) is 9.52 Å². The lowest BCUT2D eigenvalue weighted by molar-refractivity contribution is 0.0949. The van der Waals surface area contributed by atoms with E-state index in [4.69, 9.17) is 4.74 Å². The maximum absolute atomic E-state index is 12.6. The number of benzene rings is 2. The van der Waals surface area contributed by atoms with E-state index in [-0.39, 0.29) is 10.8 Å². The number of nitrogens with one attached hydrogen (secondary N) is 2. The molecule has 0 aliphatic carbocycles. The van der Waals surface area contributed by atoms with Crippen LogP contribution in [-0.4, -0.2) is 52.5 Å². The van der Waals surface area contributed by atoms with E-state index in [1.54, 1.807) is 24.3 Å². The fraction of sp³-hybridized carbons (Fsp3) is 0.350. The van der Waals surface area contributed by atoms with E-state index >= 15 is 0 Å². The van der Waals surface area contributed by atoms with Crippen molar-refractivity contribution in [2.24, 2.45) is 0 Å². The van der Waals surface area contributed by atoms with Gasteiger partial charge in [-0.25, -0.2) is 8.42 Å². The van der Waals surface area contributed by atoms with Gasteiger partial charge in [0.1, 0.15) is 5.75 Å². The predicted molar refractivity (Wildman–Crippen MR) is 110 cm³/mol. The van der Waals surface area contributed by atoms with E-state index in [9.17, 15) is 13.2 Å². The third-order valence-corrected chi connectivity index (χ3v) is 5.77. The number of sulfonamides is 1. The number of carbonyl (C=O) groups is 1. The monoisotopic (exact) mass is 405 g/mol. The van der Waals surface area contributed by atoms with E-state index in [2.05, 4.69) is 28.8 Å². The number of hydrogen-bond donors (Lipinski definition) is 2. The zero-order valence-electron chi connectivity index (χ0n) is 16.4. The van der Waals surface area contributed by atoms with Crippen LogP contribution in [0.5, 0.6) is 5.75 Å². The Labute approximate surface area is 166 Å².